The third-order valence-electron chi connectivity index (χ3n) is 3.41. The molecule has 0 spiro atoms. The predicted octanol–water partition coefficient (Wildman–Crippen LogP) is 3.28. The lowest BCUT2D eigenvalue weighted by Crippen LogP contribution is -2.33. The summed E-state index contributed by atoms with van der Waals surface area (Å²) in [6, 6.07) is 13.0. The fourth-order valence-electron chi connectivity index (χ4n) is 1.98. The van der Waals surface area contributed by atoms with E-state index in [2.05, 4.69) is 33.2 Å². The molecule has 0 aliphatic heterocycles. The molecule has 0 bridgehead atoms. The standard InChI is InChI=1S/C17H17IN2O2/c1-11-6-5-9-15(12(11)2)20-16(21)10-19-17(22)13-7-3-4-8-14(13)18/h3-9H,10H2,1-2H3,(H,19,22)(H,20,21). The van der Waals surface area contributed by atoms with Crippen molar-refractivity contribution >= 4 is 40.1 Å². The van der Waals surface area contributed by atoms with E-state index in [0.29, 0.717) is 5.56 Å². The van der Waals surface area contributed by atoms with Crippen molar-refractivity contribution in [3.8, 4) is 0 Å². The van der Waals surface area contributed by atoms with E-state index >= 15 is 0 Å². The Balaban J connectivity index is 1.95. The van der Waals surface area contributed by atoms with Crippen molar-refractivity contribution < 1.29 is 9.59 Å². The van der Waals surface area contributed by atoms with E-state index in [-0.39, 0.29) is 18.4 Å². The van der Waals surface area contributed by atoms with Crippen LogP contribution in [-0.4, -0.2) is 18.4 Å². The van der Waals surface area contributed by atoms with Crippen LogP contribution >= 0.6 is 22.6 Å². The van der Waals surface area contributed by atoms with Crippen molar-refractivity contribution in [3.05, 3.63) is 62.7 Å². The zero-order valence-corrected chi connectivity index (χ0v) is 14.6. The molecular weight excluding hydrogens is 391 g/mol. The lowest BCUT2D eigenvalue weighted by Gasteiger charge is -2.11. The molecule has 2 amide bonds. The van der Waals surface area contributed by atoms with Gasteiger partial charge in [-0.1, -0.05) is 24.3 Å². The van der Waals surface area contributed by atoms with Crippen LogP contribution in [0.25, 0.3) is 0 Å². The first-order chi connectivity index (χ1) is 10.5. The Kier molecular flexibility index (Phi) is 5.54. The quantitative estimate of drug-likeness (QED) is 0.764. The number of hydrogen-bond donors (Lipinski definition) is 2. The molecule has 2 aromatic carbocycles. The number of amides is 2. The molecule has 0 aliphatic carbocycles. The summed E-state index contributed by atoms with van der Waals surface area (Å²) in [6.07, 6.45) is 0. The second-order valence-electron chi connectivity index (χ2n) is 4.96. The maximum atomic E-state index is 12.0. The van der Waals surface area contributed by atoms with Gasteiger partial charge in [-0.3, -0.25) is 9.59 Å². The van der Waals surface area contributed by atoms with Gasteiger partial charge in [-0.15, -0.1) is 0 Å². The molecule has 0 aromatic heterocycles. The van der Waals surface area contributed by atoms with Crippen LogP contribution < -0.4 is 10.6 Å². The molecule has 4 nitrogen and oxygen atoms in total. The van der Waals surface area contributed by atoms with Crippen LogP contribution in [0.5, 0.6) is 0 Å². The van der Waals surface area contributed by atoms with Crippen molar-refractivity contribution in [2.45, 2.75) is 13.8 Å². The van der Waals surface area contributed by atoms with Crippen LogP contribution in [0, 0.1) is 17.4 Å². The molecule has 5 heteroatoms. The van der Waals surface area contributed by atoms with Gasteiger partial charge in [0, 0.05) is 9.26 Å². The summed E-state index contributed by atoms with van der Waals surface area (Å²) in [6.45, 7) is 3.89. The number of hydrogen-bond acceptors (Lipinski definition) is 2. The first-order valence-electron chi connectivity index (χ1n) is 6.88. The number of carbonyl (C=O) groups excluding carboxylic acids is 2. The fraction of sp³-hybridized carbons (Fsp3) is 0.176. The Labute approximate surface area is 143 Å². The largest absolute Gasteiger partial charge is 0.343 e. The number of benzene rings is 2. The van der Waals surface area contributed by atoms with Crippen LogP contribution in [0.2, 0.25) is 0 Å². The van der Waals surface area contributed by atoms with Crippen molar-refractivity contribution in [2.24, 2.45) is 0 Å². The minimum atomic E-state index is -0.249. The first-order valence-corrected chi connectivity index (χ1v) is 7.95. The van der Waals surface area contributed by atoms with E-state index in [0.717, 1.165) is 20.4 Å². The number of halogens is 1. The van der Waals surface area contributed by atoms with Gasteiger partial charge in [-0.2, -0.15) is 0 Å². The molecule has 0 atom stereocenters. The molecule has 0 unspecified atom stereocenters. The highest BCUT2D eigenvalue weighted by Crippen LogP contribution is 2.17. The Morgan fingerprint density at radius 3 is 2.50 bits per heavy atom. The summed E-state index contributed by atoms with van der Waals surface area (Å²) in [5.74, 6) is -0.492. The Hall–Kier alpha value is -1.89. The third kappa shape index (κ3) is 4.07. The van der Waals surface area contributed by atoms with Crippen LogP contribution in [0.1, 0.15) is 21.5 Å². The summed E-state index contributed by atoms with van der Waals surface area (Å²) in [5.41, 5.74) is 3.48. The minimum Gasteiger partial charge on any atom is -0.343 e. The molecule has 22 heavy (non-hydrogen) atoms. The first kappa shape index (κ1) is 16.5. The summed E-state index contributed by atoms with van der Waals surface area (Å²) in [4.78, 5) is 24.0. The zero-order valence-electron chi connectivity index (χ0n) is 12.4. The Morgan fingerprint density at radius 1 is 1.05 bits per heavy atom. The molecule has 0 aliphatic rings. The average molecular weight is 408 g/mol. The number of carbonyl (C=O) groups is 2. The van der Waals surface area contributed by atoms with Gasteiger partial charge in [0.2, 0.25) is 5.91 Å². The van der Waals surface area contributed by atoms with E-state index in [9.17, 15) is 9.59 Å². The van der Waals surface area contributed by atoms with Crippen LogP contribution in [0.3, 0.4) is 0 Å². The molecule has 0 fully saturated rings. The van der Waals surface area contributed by atoms with E-state index in [1.54, 1.807) is 12.1 Å². The molecule has 0 radical (unpaired) electrons. The molecular formula is C17H17IN2O2. The number of anilines is 1. The fourth-order valence-corrected chi connectivity index (χ4v) is 2.61. The third-order valence-corrected chi connectivity index (χ3v) is 4.35. The van der Waals surface area contributed by atoms with E-state index in [4.69, 9.17) is 0 Å². The van der Waals surface area contributed by atoms with Crippen LogP contribution in [0.15, 0.2) is 42.5 Å². The van der Waals surface area contributed by atoms with E-state index in [1.165, 1.54) is 0 Å². The van der Waals surface area contributed by atoms with Gasteiger partial charge in [0.1, 0.15) is 0 Å². The van der Waals surface area contributed by atoms with Gasteiger partial charge < -0.3 is 10.6 Å². The van der Waals surface area contributed by atoms with Gasteiger partial charge in [0.25, 0.3) is 5.91 Å². The maximum Gasteiger partial charge on any atom is 0.252 e. The normalized spacial score (nSPS) is 10.1. The summed E-state index contributed by atoms with van der Waals surface area (Å²) >= 11 is 2.10. The summed E-state index contributed by atoms with van der Waals surface area (Å²) in [7, 11) is 0. The molecule has 2 aromatic rings. The van der Waals surface area contributed by atoms with Crippen molar-refractivity contribution in [3.63, 3.8) is 0 Å². The minimum absolute atomic E-state index is 0.0583. The maximum absolute atomic E-state index is 12.0. The van der Waals surface area contributed by atoms with Crippen molar-refractivity contribution in [1.29, 1.82) is 0 Å². The molecule has 2 rings (SSSR count). The summed E-state index contributed by atoms with van der Waals surface area (Å²) in [5, 5.41) is 5.46. The number of aryl methyl sites for hydroxylation is 1. The lowest BCUT2D eigenvalue weighted by atomic mass is 10.1. The van der Waals surface area contributed by atoms with Crippen LogP contribution in [-0.2, 0) is 4.79 Å². The lowest BCUT2D eigenvalue weighted by molar-refractivity contribution is -0.115. The Bertz CT molecular complexity index is 714. The number of nitrogens with one attached hydrogen (secondary N) is 2. The molecule has 0 saturated heterocycles. The van der Waals surface area contributed by atoms with Gasteiger partial charge in [0.15, 0.2) is 0 Å². The van der Waals surface area contributed by atoms with Crippen molar-refractivity contribution in [2.75, 3.05) is 11.9 Å². The highest BCUT2D eigenvalue weighted by molar-refractivity contribution is 14.1. The predicted molar refractivity (Wildman–Crippen MR) is 96.0 cm³/mol. The molecule has 2 N–H and O–H groups in total. The zero-order chi connectivity index (χ0) is 16.1. The SMILES string of the molecule is Cc1cccc(NC(=O)CNC(=O)c2ccccc2I)c1C. The van der Waals surface area contributed by atoms with Gasteiger partial charge >= 0.3 is 0 Å². The second kappa shape index (κ2) is 7.40. The topological polar surface area (TPSA) is 58.2 Å². The van der Waals surface area contributed by atoms with Gasteiger partial charge in [-0.05, 0) is 65.8 Å². The van der Waals surface area contributed by atoms with E-state index < -0.39 is 0 Å². The average Bonchev–Trinajstić information content (AvgIpc) is 2.50. The molecule has 0 saturated carbocycles. The second-order valence-corrected chi connectivity index (χ2v) is 6.12. The van der Waals surface area contributed by atoms with E-state index in [1.807, 2.05) is 44.2 Å². The smallest absolute Gasteiger partial charge is 0.252 e. The molecule has 0 heterocycles. The van der Waals surface area contributed by atoms with Gasteiger partial charge in [0.05, 0.1) is 12.1 Å². The van der Waals surface area contributed by atoms with Crippen LogP contribution in [0.4, 0.5) is 5.69 Å². The Morgan fingerprint density at radius 2 is 1.77 bits per heavy atom. The number of rotatable bonds is 4. The summed E-state index contributed by atoms with van der Waals surface area (Å²) < 4.78 is 0.854. The van der Waals surface area contributed by atoms with Crippen molar-refractivity contribution in [1.82, 2.24) is 5.32 Å². The highest BCUT2D eigenvalue weighted by Gasteiger charge is 2.11. The molecule has 114 valence electrons. The monoisotopic (exact) mass is 408 g/mol. The highest BCUT2D eigenvalue weighted by atomic mass is 127. The van der Waals surface area contributed by atoms with Gasteiger partial charge in [-0.25, -0.2) is 0 Å².